The van der Waals surface area contributed by atoms with Crippen molar-refractivity contribution in [3.05, 3.63) is 80.6 Å². The Balaban J connectivity index is 1.83. The number of halogens is 1. The zero-order valence-electron chi connectivity index (χ0n) is 14.7. The van der Waals surface area contributed by atoms with E-state index in [1.165, 1.54) is 6.07 Å². The van der Waals surface area contributed by atoms with Crippen molar-refractivity contribution in [3.8, 4) is 0 Å². The third-order valence-corrected chi connectivity index (χ3v) is 4.61. The molecular formula is C21H15ClN2O3. The first-order valence-corrected chi connectivity index (χ1v) is 8.72. The number of hydrogen-bond donors (Lipinski definition) is 1. The topological polar surface area (TPSA) is 72.2 Å². The minimum Gasteiger partial charge on any atom is -0.437 e. The Morgan fingerprint density at radius 1 is 1.04 bits per heavy atom. The molecule has 6 heteroatoms. The normalized spacial score (nSPS) is 11.1. The van der Waals surface area contributed by atoms with Crippen LogP contribution in [0.3, 0.4) is 0 Å². The summed E-state index contributed by atoms with van der Waals surface area (Å²) >= 11 is 5.86. The van der Waals surface area contributed by atoms with Gasteiger partial charge in [-0.2, -0.15) is 0 Å². The number of nitrogens with zero attached hydrogens (tertiary/aromatic N) is 1. The van der Waals surface area contributed by atoms with Gasteiger partial charge < -0.3 is 9.73 Å². The number of aromatic nitrogens is 1. The Morgan fingerprint density at radius 3 is 2.52 bits per heavy atom. The minimum atomic E-state index is -0.354. The van der Waals surface area contributed by atoms with Gasteiger partial charge in [-0.3, -0.25) is 9.59 Å². The zero-order valence-corrected chi connectivity index (χ0v) is 15.4. The molecule has 0 atom stereocenters. The molecule has 4 rings (SSSR count). The van der Waals surface area contributed by atoms with Crippen molar-refractivity contribution >= 4 is 45.3 Å². The summed E-state index contributed by atoms with van der Waals surface area (Å²) in [5, 5.41) is 4.11. The second-order valence-electron chi connectivity index (χ2n) is 6.37. The molecule has 134 valence electrons. The fourth-order valence-corrected chi connectivity index (χ4v) is 3.07. The Morgan fingerprint density at radius 2 is 1.78 bits per heavy atom. The summed E-state index contributed by atoms with van der Waals surface area (Å²) in [7, 11) is 0. The lowest BCUT2D eigenvalue weighted by Crippen LogP contribution is -2.15. The van der Waals surface area contributed by atoms with E-state index in [0.717, 1.165) is 5.56 Å². The lowest BCUT2D eigenvalue weighted by Gasteiger charge is -2.09. The average molecular weight is 379 g/mol. The highest BCUT2D eigenvalue weighted by Gasteiger charge is 2.16. The third kappa shape index (κ3) is 3.17. The van der Waals surface area contributed by atoms with E-state index in [2.05, 4.69) is 10.3 Å². The summed E-state index contributed by atoms with van der Waals surface area (Å²) in [6.07, 6.45) is 0. The highest BCUT2D eigenvalue weighted by Crippen LogP contribution is 2.21. The smallest absolute Gasteiger partial charge is 0.257 e. The van der Waals surface area contributed by atoms with Crippen LogP contribution in [0.1, 0.15) is 21.6 Å². The van der Waals surface area contributed by atoms with Crippen molar-refractivity contribution in [3.63, 3.8) is 0 Å². The van der Waals surface area contributed by atoms with Crippen LogP contribution in [0.15, 0.2) is 57.7 Å². The van der Waals surface area contributed by atoms with Gasteiger partial charge in [-0.05, 0) is 56.3 Å². The van der Waals surface area contributed by atoms with Crippen LogP contribution in [0, 0.1) is 13.8 Å². The second-order valence-corrected chi connectivity index (χ2v) is 6.80. The Bertz CT molecular complexity index is 1260. The molecule has 2 aromatic carbocycles. The van der Waals surface area contributed by atoms with Gasteiger partial charge in [-0.15, -0.1) is 0 Å². The van der Waals surface area contributed by atoms with Gasteiger partial charge in [0.15, 0.2) is 0 Å². The Labute approximate surface area is 159 Å². The Hall–Kier alpha value is -3.18. The van der Waals surface area contributed by atoms with Crippen LogP contribution in [0.4, 0.5) is 5.69 Å². The molecule has 0 spiro atoms. The van der Waals surface area contributed by atoms with E-state index in [4.69, 9.17) is 16.0 Å². The van der Waals surface area contributed by atoms with E-state index in [1.807, 2.05) is 13.0 Å². The van der Waals surface area contributed by atoms with Crippen LogP contribution in [0.2, 0.25) is 5.02 Å². The van der Waals surface area contributed by atoms with Gasteiger partial charge in [0, 0.05) is 10.7 Å². The number of carbonyl (C=O) groups is 1. The van der Waals surface area contributed by atoms with Crippen LogP contribution in [-0.4, -0.2) is 10.9 Å². The van der Waals surface area contributed by atoms with Gasteiger partial charge in [-0.1, -0.05) is 23.2 Å². The van der Waals surface area contributed by atoms with E-state index in [9.17, 15) is 9.59 Å². The standard InChI is InChI=1S/C21H15ClN2O3/c1-11-3-8-18-16(9-11)19(25)17-10-15(12(2)23-21(17)27-18)20(26)24-14-6-4-13(22)5-7-14/h3-10H,1-2H3,(H,24,26). The molecule has 0 aliphatic rings. The SMILES string of the molecule is Cc1ccc2oc3nc(C)c(C(=O)Nc4ccc(Cl)cc4)cc3c(=O)c2c1. The quantitative estimate of drug-likeness (QED) is 0.505. The largest absolute Gasteiger partial charge is 0.437 e. The van der Waals surface area contributed by atoms with Crippen molar-refractivity contribution in [1.82, 2.24) is 4.98 Å². The predicted octanol–water partition coefficient (Wildman–Crippen LogP) is 4.86. The molecule has 4 aromatic rings. The minimum absolute atomic E-state index is 0.206. The fourth-order valence-electron chi connectivity index (χ4n) is 2.94. The number of pyridine rings is 1. The number of fused-ring (bicyclic) bond motifs is 2. The molecular weight excluding hydrogens is 364 g/mol. The lowest BCUT2D eigenvalue weighted by molar-refractivity contribution is 0.102. The molecule has 1 amide bonds. The monoisotopic (exact) mass is 378 g/mol. The van der Waals surface area contributed by atoms with Gasteiger partial charge in [0.05, 0.1) is 22.0 Å². The van der Waals surface area contributed by atoms with Crippen molar-refractivity contribution in [2.75, 3.05) is 5.32 Å². The van der Waals surface area contributed by atoms with Crippen LogP contribution in [-0.2, 0) is 0 Å². The number of anilines is 1. The number of benzene rings is 2. The number of carbonyl (C=O) groups excluding carboxylic acids is 1. The number of rotatable bonds is 2. The maximum Gasteiger partial charge on any atom is 0.257 e. The zero-order chi connectivity index (χ0) is 19.1. The van der Waals surface area contributed by atoms with Crippen LogP contribution in [0.5, 0.6) is 0 Å². The van der Waals surface area contributed by atoms with E-state index >= 15 is 0 Å². The summed E-state index contributed by atoms with van der Waals surface area (Å²) < 4.78 is 5.77. The highest BCUT2D eigenvalue weighted by atomic mass is 35.5. The molecule has 0 saturated heterocycles. The molecule has 2 aromatic heterocycles. The van der Waals surface area contributed by atoms with E-state index in [-0.39, 0.29) is 22.4 Å². The first-order chi connectivity index (χ1) is 12.9. The van der Waals surface area contributed by atoms with Gasteiger partial charge in [0.25, 0.3) is 5.91 Å². The van der Waals surface area contributed by atoms with Crippen molar-refractivity contribution in [2.24, 2.45) is 0 Å². The summed E-state index contributed by atoms with van der Waals surface area (Å²) in [6, 6.07) is 13.7. The van der Waals surface area contributed by atoms with Gasteiger partial charge in [0.2, 0.25) is 11.1 Å². The first-order valence-electron chi connectivity index (χ1n) is 8.34. The molecule has 0 fully saturated rings. The number of aryl methyl sites for hydroxylation is 2. The van der Waals surface area contributed by atoms with Crippen molar-refractivity contribution < 1.29 is 9.21 Å². The van der Waals surface area contributed by atoms with E-state index in [0.29, 0.717) is 32.9 Å². The number of hydrogen-bond acceptors (Lipinski definition) is 4. The third-order valence-electron chi connectivity index (χ3n) is 4.36. The summed E-state index contributed by atoms with van der Waals surface area (Å²) in [6.45, 7) is 3.61. The lowest BCUT2D eigenvalue weighted by atomic mass is 10.1. The van der Waals surface area contributed by atoms with E-state index in [1.54, 1.807) is 43.3 Å². The Kier molecular flexibility index (Phi) is 4.16. The van der Waals surface area contributed by atoms with Gasteiger partial charge in [-0.25, -0.2) is 4.98 Å². The van der Waals surface area contributed by atoms with Gasteiger partial charge >= 0.3 is 0 Å². The molecule has 0 bridgehead atoms. The molecule has 1 N–H and O–H groups in total. The molecule has 5 nitrogen and oxygen atoms in total. The predicted molar refractivity (Wildman–Crippen MR) is 107 cm³/mol. The van der Waals surface area contributed by atoms with Crippen LogP contribution < -0.4 is 10.7 Å². The number of amides is 1. The second kappa shape index (κ2) is 6.52. The molecule has 0 aliphatic heterocycles. The van der Waals surface area contributed by atoms with Gasteiger partial charge in [0.1, 0.15) is 5.58 Å². The average Bonchev–Trinajstić information content (AvgIpc) is 2.64. The highest BCUT2D eigenvalue weighted by molar-refractivity contribution is 6.30. The molecule has 27 heavy (non-hydrogen) atoms. The van der Waals surface area contributed by atoms with Crippen molar-refractivity contribution in [1.29, 1.82) is 0 Å². The van der Waals surface area contributed by atoms with E-state index < -0.39 is 0 Å². The first kappa shape index (κ1) is 17.2. The number of nitrogens with one attached hydrogen (secondary N) is 1. The summed E-state index contributed by atoms with van der Waals surface area (Å²) in [5.41, 5.74) is 2.84. The summed E-state index contributed by atoms with van der Waals surface area (Å²) in [4.78, 5) is 29.9. The maximum absolute atomic E-state index is 12.9. The molecule has 0 unspecified atom stereocenters. The van der Waals surface area contributed by atoms with Crippen LogP contribution >= 0.6 is 11.6 Å². The fraction of sp³-hybridized carbons (Fsp3) is 0.0952. The maximum atomic E-state index is 12.9. The molecule has 0 saturated carbocycles. The van der Waals surface area contributed by atoms with Crippen LogP contribution in [0.25, 0.3) is 22.1 Å². The van der Waals surface area contributed by atoms with Crippen molar-refractivity contribution in [2.45, 2.75) is 13.8 Å². The molecule has 0 radical (unpaired) electrons. The summed E-state index contributed by atoms with van der Waals surface area (Å²) in [5.74, 6) is -0.354. The molecule has 2 heterocycles. The molecule has 0 aliphatic carbocycles.